The Morgan fingerprint density at radius 3 is 1.83 bits per heavy atom. The van der Waals surface area contributed by atoms with Crippen LogP contribution >= 0.6 is 0 Å². The Morgan fingerprint density at radius 1 is 0.522 bits per heavy atom. The van der Waals surface area contributed by atoms with Crippen molar-refractivity contribution in [2.24, 2.45) is 0 Å². The molecule has 4 aromatic rings. The van der Waals surface area contributed by atoms with Crippen molar-refractivity contribution in [1.29, 1.82) is 0 Å². The van der Waals surface area contributed by atoms with E-state index in [2.05, 4.69) is 83.0 Å². The highest BCUT2D eigenvalue weighted by Gasteiger charge is 2.03. The molecule has 110 valence electrons. The molecule has 2 heteroatoms. The lowest BCUT2D eigenvalue weighted by Gasteiger charge is -2.06. The molecule has 3 aromatic carbocycles. The number of hydrogen-bond donors (Lipinski definition) is 1. The second kappa shape index (κ2) is 5.93. The van der Waals surface area contributed by atoms with Gasteiger partial charge in [0.25, 0.3) is 0 Å². The molecule has 0 unspecified atom stereocenters. The van der Waals surface area contributed by atoms with Crippen molar-refractivity contribution in [2.75, 3.05) is 0 Å². The molecule has 1 heterocycles. The molecule has 23 heavy (non-hydrogen) atoms. The average Bonchev–Trinajstić information content (AvgIpc) is 3.18. The number of nitrogens with one attached hydrogen (secondary N) is 1. The second-order valence-electron chi connectivity index (χ2n) is 5.49. The highest BCUT2D eigenvalue weighted by molar-refractivity contribution is 5.74. The van der Waals surface area contributed by atoms with E-state index in [9.17, 15) is 0 Å². The third-order valence-corrected chi connectivity index (χ3v) is 4.00. The number of rotatable bonds is 3. The first-order chi connectivity index (χ1) is 11.4. The van der Waals surface area contributed by atoms with E-state index in [1.54, 1.807) is 6.20 Å². The van der Waals surface area contributed by atoms with Crippen LogP contribution in [0.3, 0.4) is 0 Å². The molecule has 2 nitrogen and oxygen atoms in total. The van der Waals surface area contributed by atoms with Gasteiger partial charge < -0.3 is 0 Å². The molecular formula is C21H16N2. The van der Waals surface area contributed by atoms with E-state index in [1.165, 1.54) is 22.3 Å². The zero-order valence-corrected chi connectivity index (χ0v) is 12.6. The quantitative estimate of drug-likeness (QED) is 0.538. The molecule has 0 spiro atoms. The van der Waals surface area contributed by atoms with Gasteiger partial charge in [-0.1, -0.05) is 72.8 Å². The second-order valence-corrected chi connectivity index (χ2v) is 5.49. The fourth-order valence-corrected chi connectivity index (χ4v) is 2.77. The summed E-state index contributed by atoms with van der Waals surface area (Å²) in [6, 6.07) is 29.6. The Morgan fingerprint density at radius 2 is 1.13 bits per heavy atom. The van der Waals surface area contributed by atoms with Crippen LogP contribution in [0.4, 0.5) is 0 Å². The number of nitrogens with zero attached hydrogens (tertiary/aromatic N) is 1. The van der Waals surface area contributed by atoms with Crippen molar-refractivity contribution < 1.29 is 0 Å². The molecule has 0 bridgehead atoms. The Hall–Kier alpha value is -3.13. The first-order valence-electron chi connectivity index (χ1n) is 7.66. The Bertz CT molecular complexity index is 892. The van der Waals surface area contributed by atoms with Gasteiger partial charge >= 0.3 is 0 Å². The maximum atomic E-state index is 4.02. The van der Waals surface area contributed by atoms with Gasteiger partial charge in [0.05, 0.1) is 5.69 Å². The molecule has 0 radical (unpaired) electrons. The van der Waals surface area contributed by atoms with Crippen LogP contribution in [0, 0.1) is 0 Å². The van der Waals surface area contributed by atoms with Crippen molar-refractivity contribution >= 4 is 0 Å². The zero-order chi connectivity index (χ0) is 15.5. The van der Waals surface area contributed by atoms with Gasteiger partial charge in [-0.25, -0.2) is 0 Å². The smallest absolute Gasteiger partial charge is 0.0650 e. The summed E-state index contributed by atoms with van der Waals surface area (Å²) in [5, 5.41) is 7.03. The predicted octanol–water partition coefficient (Wildman–Crippen LogP) is 5.41. The molecule has 0 aliphatic rings. The highest BCUT2D eigenvalue weighted by atomic mass is 15.1. The molecular weight excluding hydrogens is 280 g/mol. The minimum atomic E-state index is 1.03. The summed E-state index contributed by atoms with van der Waals surface area (Å²) in [6.07, 6.45) is 1.77. The largest absolute Gasteiger partial charge is 0.278 e. The summed E-state index contributed by atoms with van der Waals surface area (Å²) in [5.74, 6) is 0. The minimum absolute atomic E-state index is 1.03. The van der Waals surface area contributed by atoms with Gasteiger partial charge in [0.1, 0.15) is 0 Å². The van der Waals surface area contributed by atoms with Crippen molar-refractivity contribution in [3.05, 3.63) is 91.1 Å². The molecule has 0 aliphatic heterocycles. The molecule has 0 saturated carbocycles. The molecule has 0 aliphatic carbocycles. The summed E-state index contributed by atoms with van der Waals surface area (Å²) < 4.78 is 0. The van der Waals surface area contributed by atoms with Gasteiger partial charge in [-0.3, -0.25) is 5.10 Å². The Balaban J connectivity index is 1.68. The van der Waals surface area contributed by atoms with Crippen LogP contribution in [0.1, 0.15) is 0 Å². The van der Waals surface area contributed by atoms with Gasteiger partial charge in [0, 0.05) is 11.8 Å². The van der Waals surface area contributed by atoms with E-state index in [1.807, 2.05) is 12.1 Å². The van der Waals surface area contributed by atoms with Crippen molar-refractivity contribution in [3.8, 4) is 33.5 Å². The van der Waals surface area contributed by atoms with Gasteiger partial charge in [-0.2, -0.15) is 5.10 Å². The number of aromatic nitrogens is 2. The van der Waals surface area contributed by atoms with Gasteiger partial charge in [0.2, 0.25) is 0 Å². The van der Waals surface area contributed by atoms with Crippen LogP contribution in [0.25, 0.3) is 33.5 Å². The van der Waals surface area contributed by atoms with Crippen LogP contribution < -0.4 is 0 Å². The number of aromatic amines is 1. The number of H-pyrrole nitrogens is 1. The SMILES string of the molecule is c1ccc(-c2ccc(-c3cccc(-c4ccn[nH]4)c3)cc2)cc1. The third-order valence-electron chi connectivity index (χ3n) is 4.00. The van der Waals surface area contributed by atoms with Crippen molar-refractivity contribution in [1.82, 2.24) is 10.2 Å². The lowest BCUT2D eigenvalue weighted by Crippen LogP contribution is -1.83. The van der Waals surface area contributed by atoms with Crippen molar-refractivity contribution in [2.45, 2.75) is 0 Å². The first kappa shape index (κ1) is 13.5. The third kappa shape index (κ3) is 2.79. The van der Waals surface area contributed by atoms with E-state index in [0.29, 0.717) is 0 Å². The zero-order valence-electron chi connectivity index (χ0n) is 12.6. The summed E-state index contributed by atoms with van der Waals surface area (Å²) >= 11 is 0. The lowest BCUT2D eigenvalue weighted by molar-refractivity contribution is 1.10. The number of hydrogen-bond acceptors (Lipinski definition) is 1. The van der Waals surface area contributed by atoms with Gasteiger partial charge in [-0.15, -0.1) is 0 Å². The molecule has 0 amide bonds. The molecule has 1 aromatic heterocycles. The summed E-state index contributed by atoms with van der Waals surface area (Å²) in [5.41, 5.74) is 7.08. The highest BCUT2D eigenvalue weighted by Crippen LogP contribution is 2.27. The Kier molecular flexibility index (Phi) is 3.49. The number of benzene rings is 3. The molecule has 0 atom stereocenters. The maximum Gasteiger partial charge on any atom is 0.0650 e. The normalized spacial score (nSPS) is 10.6. The van der Waals surface area contributed by atoms with Crippen LogP contribution in [0.15, 0.2) is 91.1 Å². The lowest BCUT2D eigenvalue weighted by atomic mass is 9.98. The van der Waals surface area contributed by atoms with Crippen LogP contribution in [-0.2, 0) is 0 Å². The van der Waals surface area contributed by atoms with E-state index < -0.39 is 0 Å². The van der Waals surface area contributed by atoms with E-state index in [-0.39, 0.29) is 0 Å². The fraction of sp³-hybridized carbons (Fsp3) is 0. The van der Waals surface area contributed by atoms with Crippen LogP contribution in [0.2, 0.25) is 0 Å². The fourth-order valence-electron chi connectivity index (χ4n) is 2.77. The predicted molar refractivity (Wildman–Crippen MR) is 94.9 cm³/mol. The molecule has 1 N–H and O–H groups in total. The van der Waals surface area contributed by atoms with E-state index in [0.717, 1.165) is 11.3 Å². The van der Waals surface area contributed by atoms with Gasteiger partial charge in [0.15, 0.2) is 0 Å². The summed E-state index contributed by atoms with van der Waals surface area (Å²) in [6.45, 7) is 0. The summed E-state index contributed by atoms with van der Waals surface area (Å²) in [4.78, 5) is 0. The monoisotopic (exact) mass is 296 g/mol. The molecule has 4 rings (SSSR count). The van der Waals surface area contributed by atoms with E-state index in [4.69, 9.17) is 0 Å². The first-order valence-corrected chi connectivity index (χ1v) is 7.66. The molecule has 0 fully saturated rings. The van der Waals surface area contributed by atoms with E-state index >= 15 is 0 Å². The Labute approximate surface area is 135 Å². The maximum absolute atomic E-state index is 4.02. The van der Waals surface area contributed by atoms with Crippen LogP contribution in [-0.4, -0.2) is 10.2 Å². The van der Waals surface area contributed by atoms with Gasteiger partial charge in [-0.05, 0) is 34.4 Å². The standard InChI is InChI=1S/C21H16N2/c1-2-5-16(6-3-1)17-9-11-18(12-10-17)19-7-4-8-20(15-19)21-13-14-22-23-21/h1-15H,(H,22,23). The topological polar surface area (TPSA) is 28.7 Å². The van der Waals surface area contributed by atoms with Crippen LogP contribution in [0.5, 0.6) is 0 Å². The molecule has 0 saturated heterocycles. The average molecular weight is 296 g/mol. The minimum Gasteiger partial charge on any atom is -0.278 e. The van der Waals surface area contributed by atoms with Crippen molar-refractivity contribution in [3.63, 3.8) is 0 Å². The summed E-state index contributed by atoms with van der Waals surface area (Å²) in [7, 11) is 0.